The first kappa shape index (κ1) is 34.7. The van der Waals surface area contributed by atoms with Crippen LogP contribution in [0.2, 0.25) is 0 Å². The van der Waals surface area contributed by atoms with E-state index in [1.165, 1.54) is 173 Å². The Bertz CT molecular complexity index is 364. The molecule has 0 unspecified atom stereocenters. The average molecular weight is 515 g/mol. The van der Waals surface area contributed by atoms with Crippen molar-refractivity contribution in [1.82, 2.24) is 0 Å². The average Bonchev–Trinajstić information content (AvgIpc) is 2.86. The molecule has 0 fully saturated rings. The van der Waals surface area contributed by atoms with E-state index in [0.29, 0.717) is 5.41 Å². The third kappa shape index (κ3) is 23.1. The fraction of sp³-hybridized carbons (Fsp3) is 1.00. The lowest BCUT2D eigenvalue weighted by Gasteiger charge is -2.31. The van der Waals surface area contributed by atoms with Gasteiger partial charge in [-0.05, 0) is 29.8 Å². The molecule has 0 amide bonds. The van der Waals surface area contributed by atoms with Gasteiger partial charge in [-0.25, -0.2) is 0 Å². The number of rotatable bonds is 29. The van der Waals surface area contributed by atoms with Crippen LogP contribution < -0.4 is 0 Å². The largest absolute Gasteiger partial charge is 0.179 e. The molecule has 0 aliphatic carbocycles. The van der Waals surface area contributed by atoms with Crippen LogP contribution in [0.4, 0.5) is 0 Å². The van der Waals surface area contributed by atoms with E-state index in [1.807, 2.05) is 0 Å². The summed E-state index contributed by atoms with van der Waals surface area (Å²) in [6, 6.07) is 0. The molecule has 0 aromatic carbocycles. The molecule has 0 aliphatic rings. The van der Waals surface area contributed by atoms with Gasteiger partial charge in [0.05, 0.1) is 0 Å². The van der Waals surface area contributed by atoms with Crippen LogP contribution in [0, 0.1) is 5.41 Å². The summed E-state index contributed by atoms with van der Waals surface area (Å²) >= 11 is 9.52. The molecular formula is C32H66S2. The highest BCUT2D eigenvalue weighted by Gasteiger charge is 2.25. The van der Waals surface area contributed by atoms with Crippen LogP contribution in [0.25, 0.3) is 0 Å². The molecule has 206 valence electrons. The van der Waals surface area contributed by atoms with Gasteiger partial charge in [-0.1, -0.05) is 174 Å². The molecule has 0 saturated carbocycles. The Labute approximate surface area is 228 Å². The van der Waals surface area contributed by atoms with Crippen molar-refractivity contribution in [3.63, 3.8) is 0 Å². The van der Waals surface area contributed by atoms with E-state index in [2.05, 4.69) is 13.8 Å². The fourth-order valence-corrected chi connectivity index (χ4v) is 6.38. The van der Waals surface area contributed by atoms with Gasteiger partial charge in [0.1, 0.15) is 0 Å². The summed E-state index contributed by atoms with van der Waals surface area (Å²) in [5.74, 6) is 2.04. The zero-order valence-corrected chi connectivity index (χ0v) is 25.7. The molecule has 0 saturated heterocycles. The standard InChI is InChI=1S/C32H66S2/c1-3-5-7-9-11-13-15-17-19-21-23-25-27-29-32(30-33,31-34)28-26-24-22-20-18-16-14-12-10-8-6-4-2/h33-34H,3-31H2,1-2H3. The maximum Gasteiger partial charge on any atom is -0.00334 e. The maximum atomic E-state index is 4.76. The van der Waals surface area contributed by atoms with Gasteiger partial charge in [0.25, 0.3) is 0 Å². The number of unbranched alkanes of at least 4 members (excludes halogenated alkanes) is 23. The molecule has 0 heterocycles. The van der Waals surface area contributed by atoms with E-state index < -0.39 is 0 Å². The van der Waals surface area contributed by atoms with E-state index in [9.17, 15) is 0 Å². The first-order valence-corrected chi connectivity index (χ1v) is 17.2. The molecular weight excluding hydrogens is 448 g/mol. The normalized spacial score (nSPS) is 12.0. The summed E-state index contributed by atoms with van der Waals surface area (Å²) in [5, 5.41) is 0. The Morgan fingerprint density at radius 3 is 0.735 bits per heavy atom. The first-order valence-electron chi connectivity index (χ1n) is 16.0. The number of thiol groups is 2. The SMILES string of the molecule is CCCCCCCCCCCCCCCC(CS)(CS)CCCCCCCCCCCCCC. The molecule has 0 aliphatic heterocycles. The van der Waals surface area contributed by atoms with E-state index in [1.54, 1.807) is 0 Å². The Kier molecular flexibility index (Phi) is 28.9. The number of hydrogen-bond donors (Lipinski definition) is 2. The highest BCUT2D eigenvalue weighted by molar-refractivity contribution is 7.81. The van der Waals surface area contributed by atoms with E-state index >= 15 is 0 Å². The van der Waals surface area contributed by atoms with E-state index in [4.69, 9.17) is 25.3 Å². The van der Waals surface area contributed by atoms with Gasteiger partial charge in [-0.3, -0.25) is 0 Å². The molecule has 0 nitrogen and oxygen atoms in total. The van der Waals surface area contributed by atoms with Crippen molar-refractivity contribution in [2.24, 2.45) is 5.41 Å². The molecule has 0 spiro atoms. The zero-order chi connectivity index (χ0) is 25.0. The lowest BCUT2D eigenvalue weighted by Crippen LogP contribution is -2.25. The van der Waals surface area contributed by atoms with E-state index in [-0.39, 0.29) is 0 Å². The second-order valence-electron chi connectivity index (χ2n) is 11.4. The van der Waals surface area contributed by atoms with Gasteiger partial charge < -0.3 is 0 Å². The van der Waals surface area contributed by atoms with Crippen LogP contribution in [0.5, 0.6) is 0 Å². The van der Waals surface area contributed by atoms with Crippen LogP contribution in [-0.2, 0) is 0 Å². The van der Waals surface area contributed by atoms with E-state index in [0.717, 1.165) is 11.5 Å². The summed E-state index contributed by atoms with van der Waals surface area (Å²) in [5.41, 5.74) is 0.391. The molecule has 34 heavy (non-hydrogen) atoms. The zero-order valence-electron chi connectivity index (χ0n) is 23.9. The first-order chi connectivity index (χ1) is 16.7. The van der Waals surface area contributed by atoms with Crippen molar-refractivity contribution in [2.45, 2.75) is 187 Å². The van der Waals surface area contributed by atoms with Crippen molar-refractivity contribution >= 4 is 25.3 Å². The molecule has 0 aromatic heterocycles. The monoisotopic (exact) mass is 514 g/mol. The topological polar surface area (TPSA) is 0 Å². The second kappa shape index (κ2) is 28.3. The van der Waals surface area contributed by atoms with Gasteiger partial charge in [-0.15, -0.1) is 0 Å². The predicted molar refractivity (Wildman–Crippen MR) is 166 cm³/mol. The fourth-order valence-electron chi connectivity index (χ4n) is 5.35. The third-order valence-electron chi connectivity index (χ3n) is 8.04. The molecule has 0 radical (unpaired) electrons. The Hall–Kier alpha value is 0.700. The summed E-state index contributed by atoms with van der Waals surface area (Å²) in [7, 11) is 0. The maximum absolute atomic E-state index is 4.76. The van der Waals surface area contributed by atoms with Crippen LogP contribution in [0.3, 0.4) is 0 Å². The molecule has 0 N–H and O–H groups in total. The second-order valence-corrected chi connectivity index (χ2v) is 12.1. The van der Waals surface area contributed by atoms with Gasteiger partial charge in [0, 0.05) is 0 Å². The molecule has 0 rings (SSSR count). The smallest absolute Gasteiger partial charge is 0.00334 e. The van der Waals surface area contributed by atoms with Gasteiger partial charge in [0.2, 0.25) is 0 Å². The van der Waals surface area contributed by atoms with Gasteiger partial charge in [-0.2, -0.15) is 25.3 Å². The van der Waals surface area contributed by atoms with Crippen molar-refractivity contribution in [2.75, 3.05) is 11.5 Å². The van der Waals surface area contributed by atoms with Crippen LogP contribution in [0.1, 0.15) is 187 Å². The molecule has 0 aromatic rings. The van der Waals surface area contributed by atoms with Crippen LogP contribution >= 0.6 is 25.3 Å². The van der Waals surface area contributed by atoms with Crippen LogP contribution in [-0.4, -0.2) is 11.5 Å². The Morgan fingerprint density at radius 1 is 0.324 bits per heavy atom. The van der Waals surface area contributed by atoms with Crippen molar-refractivity contribution in [1.29, 1.82) is 0 Å². The van der Waals surface area contributed by atoms with Crippen molar-refractivity contribution in [3.05, 3.63) is 0 Å². The molecule has 0 atom stereocenters. The summed E-state index contributed by atoms with van der Waals surface area (Å²) < 4.78 is 0. The summed E-state index contributed by atoms with van der Waals surface area (Å²) in [6.45, 7) is 4.60. The minimum atomic E-state index is 0.391. The highest BCUT2D eigenvalue weighted by atomic mass is 32.1. The Balaban J connectivity index is 3.57. The quantitative estimate of drug-likeness (QED) is 0.0719. The summed E-state index contributed by atoms with van der Waals surface area (Å²) in [6.07, 6.45) is 38.6. The highest BCUT2D eigenvalue weighted by Crippen LogP contribution is 2.34. The van der Waals surface area contributed by atoms with Crippen molar-refractivity contribution in [3.8, 4) is 0 Å². The third-order valence-corrected chi connectivity index (χ3v) is 9.38. The minimum absolute atomic E-state index is 0.391. The lowest BCUT2D eigenvalue weighted by atomic mass is 9.81. The molecule has 0 bridgehead atoms. The van der Waals surface area contributed by atoms with Gasteiger partial charge in [0.15, 0.2) is 0 Å². The van der Waals surface area contributed by atoms with Crippen molar-refractivity contribution < 1.29 is 0 Å². The predicted octanol–water partition coefficient (Wildman–Crippen LogP) is 12.4. The lowest BCUT2D eigenvalue weighted by molar-refractivity contribution is 0.298. The minimum Gasteiger partial charge on any atom is -0.179 e. The Morgan fingerprint density at radius 2 is 0.529 bits per heavy atom. The van der Waals surface area contributed by atoms with Gasteiger partial charge >= 0.3 is 0 Å². The summed E-state index contributed by atoms with van der Waals surface area (Å²) in [4.78, 5) is 0. The molecule has 2 heteroatoms. The van der Waals surface area contributed by atoms with Crippen LogP contribution in [0.15, 0.2) is 0 Å². The number of hydrogen-bond acceptors (Lipinski definition) is 2.